The van der Waals surface area contributed by atoms with Gasteiger partial charge in [0.25, 0.3) is 0 Å². The monoisotopic (exact) mass is 196 g/mol. The Kier molecular flexibility index (Phi) is 2.71. The van der Waals surface area contributed by atoms with Gasteiger partial charge in [-0.05, 0) is 13.8 Å². The van der Waals surface area contributed by atoms with Crippen LogP contribution in [0.3, 0.4) is 0 Å². The summed E-state index contributed by atoms with van der Waals surface area (Å²) in [6.07, 6.45) is 0. The van der Waals surface area contributed by atoms with Crippen molar-refractivity contribution in [3.8, 4) is 5.75 Å². The van der Waals surface area contributed by atoms with Gasteiger partial charge < -0.3 is 10.8 Å². The lowest BCUT2D eigenvalue weighted by Crippen LogP contribution is -2.06. The van der Waals surface area contributed by atoms with Crippen LogP contribution in [0.25, 0.3) is 0 Å². The Morgan fingerprint density at radius 1 is 1.57 bits per heavy atom. The number of hydrogen-bond acceptors (Lipinski definition) is 4. The first-order chi connectivity index (χ1) is 6.45. The van der Waals surface area contributed by atoms with E-state index in [-0.39, 0.29) is 11.4 Å². The first kappa shape index (κ1) is 10.5. The predicted molar refractivity (Wildman–Crippen MR) is 52.1 cm³/mol. The van der Waals surface area contributed by atoms with Gasteiger partial charge in [-0.25, -0.2) is 0 Å². The minimum atomic E-state index is -0.601. The van der Waals surface area contributed by atoms with Crippen LogP contribution < -0.4 is 5.73 Å². The van der Waals surface area contributed by atoms with E-state index in [1.165, 1.54) is 0 Å². The molecule has 1 aromatic carbocycles. The maximum Gasteiger partial charge on any atom is 0.313 e. The molecule has 1 atom stereocenters. The van der Waals surface area contributed by atoms with Crippen molar-refractivity contribution in [3.63, 3.8) is 0 Å². The third-order valence-corrected chi connectivity index (χ3v) is 2.06. The lowest BCUT2D eigenvalue weighted by Gasteiger charge is -2.09. The van der Waals surface area contributed by atoms with Gasteiger partial charge in [0.1, 0.15) is 0 Å². The number of nitrogens with zero attached hydrogens (tertiary/aromatic N) is 1. The lowest BCUT2D eigenvalue weighted by atomic mass is 10.0. The van der Waals surface area contributed by atoms with Crippen molar-refractivity contribution in [3.05, 3.63) is 33.4 Å². The van der Waals surface area contributed by atoms with Crippen molar-refractivity contribution in [1.82, 2.24) is 0 Å². The number of benzene rings is 1. The van der Waals surface area contributed by atoms with Crippen molar-refractivity contribution in [2.75, 3.05) is 0 Å². The normalized spacial score (nSPS) is 12.5. The van der Waals surface area contributed by atoms with Crippen LogP contribution in [-0.2, 0) is 0 Å². The van der Waals surface area contributed by atoms with E-state index in [9.17, 15) is 15.2 Å². The zero-order valence-corrected chi connectivity index (χ0v) is 8.02. The van der Waals surface area contributed by atoms with Gasteiger partial charge in [-0.1, -0.05) is 12.1 Å². The van der Waals surface area contributed by atoms with E-state index in [2.05, 4.69) is 0 Å². The molecule has 0 spiro atoms. The van der Waals surface area contributed by atoms with Crippen LogP contribution in [-0.4, -0.2) is 10.0 Å². The van der Waals surface area contributed by atoms with Crippen LogP contribution in [0, 0.1) is 17.0 Å². The van der Waals surface area contributed by atoms with E-state index in [4.69, 9.17) is 5.73 Å². The van der Waals surface area contributed by atoms with E-state index in [0.717, 1.165) is 0 Å². The van der Waals surface area contributed by atoms with Crippen molar-refractivity contribution in [2.24, 2.45) is 5.73 Å². The molecule has 76 valence electrons. The number of hydrogen-bond donors (Lipinski definition) is 2. The molecule has 0 bridgehead atoms. The van der Waals surface area contributed by atoms with Gasteiger partial charge in [-0.2, -0.15) is 0 Å². The van der Waals surface area contributed by atoms with Crippen molar-refractivity contribution < 1.29 is 10.0 Å². The van der Waals surface area contributed by atoms with Crippen LogP contribution in [0.5, 0.6) is 5.75 Å². The molecule has 0 aromatic heterocycles. The summed E-state index contributed by atoms with van der Waals surface area (Å²) in [5.41, 5.74) is 6.11. The molecule has 0 radical (unpaired) electrons. The van der Waals surface area contributed by atoms with Crippen LogP contribution in [0.15, 0.2) is 12.1 Å². The number of rotatable bonds is 2. The molecule has 0 aliphatic rings. The summed E-state index contributed by atoms with van der Waals surface area (Å²) in [7, 11) is 0. The highest BCUT2D eigenvalue weighted by molar-refractivity contribution is 5.56. The zero-order valence-electron chi connectivity index (χ0n) is 8.02. The first-order valence-electron chi connectivity index (χ1n) is 4.17. The number of phenols is 1. The molecular formula is C9H12N2O3. The van der Waals surface area contributed by atoms with E-state index in [1.54, 1.807) is 26.0 Å². The van der Waals surface area contributed by atoms with Gasteiger partial charge in [0, 0.05) is 17.2 Å². The Labute approximate surface area is 81.3 Å². The molecule has 5 heteroatoms. The van der Waals surface area contributed by atoms with E-state index < -0.39 is 11.0 Å². The minimum absolute atomic E-state index is 0.264. The van der Waals surface area contributed by atoms with E-state index in [1.807, 2.05) is 0 Å². The highest BCUT2D eigenvalue weighted by atomic mass is 16.6. The quantitative estimate of drug-likeness (QED) is 0.555. The Morgan fingerprint density at radius 3 is 2.57 bits per heavy atom. The molecule has 0 saturated heterocycles. The number of nitro groups is 1. The Bertz CT molecular complexity index is 375. The summed E-state index contributed by atoms with van der Waals surface area (Å²) in [6, 6.07) is 2.76. The van der Waals surface area contributed by atoms with Crippen LogP contribution >= 0.6 is 0 Å². The molecule has 0 amide bonds. The van der Waals surface area contributed by atoms with Gasteiger partial charge in [0.15, 0.2) is 5.75 Å². The number of nitro benzene ring substituents is 1. The maximum absolute atomic E-state index is 10.6. The second-order valence-electron chi connectivity index (χ2n) is 3.21. The summed E-state index contributed by atoms with van der Waals surface area (Å²) in [4.78, 5) is 10.0. The molecule has 0 unspecified atom stereocenters. The molecule has 3 N–H and O–H groups in total. The molecule has 1 rings (SSSR count). The molecule has 0 heterocycles. The third-order valence-electron chi connectivity index (χ3n) is 2.06. The second kappa shape index (κ2) is 3.63. The van der Waals surface area contributed by atoms with Gasteiger partial charge >= 0.3 is 5.69 Å². The molecular weight excluding hydrogens is 184 g/mol. The summed E-state index contributed by atoms with van der Waals surface area (Å²) >= 11 is 0. The van der Waals surface area contributed by atoms with Crippen molar-refractivity contribution in [2.45, 2.75) is 19.9 Å². The van der Waals surface area contributed by atoms with E-state index >= 15 is 0 Å². The third kappa shape index (κ3) is 1.67. The average molecular weight is 196 g/mol. The van der Waals surface area contributed by atoms with Gasteiger partial charge in [-0.15, -0.1) is 0 Å². The smallest absolute Gasteiger partial charge is 0.313 e. The average Bonchev–Trinajstić information content (AvgIpc) is 2.02. The number of aryl methyl sites for hydroxylation is 1. The topological polar surface area (TPSA) is 89.4 Å². The highest BCUT2D eigenvalue weighted by Crippen LogP contribution is 2.35. The van der Waals surface area contributed by atoms with Gasteiger partial charge in [0.05, 0.1) is 4.92 Å². The molecule has 0 fully saturated rings. The maximum atomic E-state index is 10.6. The van der Waals surface area contributed by atoms with Crippen molar-refractivity contribution >= 4 is 5.69 Å². The summed E-state index contributed by atoms with van der Waals surface area (Å²) in [6.45, 7) is 3.23. The van der Waals surface area contributed by atoms with E-state index in [0.29, 0.717) is 11.1 Å². The fraction of sp³-hybridized carbons (Fsp3) is 0.333. The Balaban J connectivity index is 3.41. The standard InChI is InChI=1S/C9H12N2O3/c1-5-3-4-7(6(2)10)9(12)8(5)11(13)14/h3-4,6,12H,10H2,1-2H3/t6-/m1/s1. The van der Waals surface area contributed by atoms with Gasteiger partial charge in [-0.3, -0.25) is 10.1 Å². The minimum Gasteiger partial charge on any atom is -0.502 e. The molecule has 5 nitrogen and oxygen atoms in total. The number of phenolic OH excluding ortho intramolecular Hbond substituents is 1. The molecule has 0 saturated carbocycles. The molecule has 0 aliphatic carbocycles. The number of aromatic hydroxyl groups is 1. The Hall–Kier alpha value is -1.62. The van der Waals surface area contributed by atoms with Crippen LogP contribution in [0.2, 0.25) is 0 Å². The largest absolute Gasteiger partial charge is 0.502 e. The summed E-state index contributed by atoms with van der Waals surface area (Å²) in [5, 5.41) is 20.2. The SMILES string of the molecule is Cc1ccc([C@@H](C)N)c(O)c1[N+](=O)[O-]. The summed E-state index contributed by atoms with van der Waals surface area (Å²) < 4.78 is 0. The predicted octanol–water partition coefficient (Wildman–Crippen LogP) is 1.63. The Morgan fingerprint density at radius 2 is 2.14 bits per heavy atom. The summed E-state index contributed by atoms with van der Waals surface area (Å²) in [5.74, 6) is -0.329. The fourth-order valence-electron chi connectivity index (χ4n) is 1.29. The van der Waals surface area contributed by atoms with Crippen LogP contribution in [0.1, 0.15) is 24.1 Å². The first-order valence-corrected chi connectivity index (χ1v) is 4.17. The molecule has 0 aliphatic heterocycles. The number of nitrogens with two attached hydrogens (primary N) is 1. The zero-order chi connectivity index (χ0) is 10.9. The lowest BCUT2D eigenvalue weighted by molar-refractivity contribution is -0.386. The molecule has 1 aromatic rings. The molecule has 14 heavy (non-hydrogen) atoms. The van der Waals surface area contributed by atoms with Gasteiger partial charge in [0.2, 0.25) is 0 Å². The highest BCUT2D eigenvalue weighted by Gasteiger charge is 2.21. The fourth-order valence-corrected chi connectivity index (χ4v) is 1.29. The second-order valence-corrected chi connectivity index (χ2v) is 3.21. The van der Waals surface area contributed by atoms with Crippen molar-refractivity contribution in [1.29, 1.82) is 0 Å². The van der Waals surface area contributed by atoms with Crippen LogP contribution in [0.4, 0.5) is 5.69 Å².